The predicted molar refractivity (Wildman–Crippen MR) is 102 cm³/mol. The van der Waals surface area contributed by atoms with E-state index in [4.69, 9.17) is 0 Å². The molecule has 0 saturated carbocycles. The Labute approximate surface area is 156 Å². The number of nitrogens with one attached hydrogen (secondary N) is 1. The van der Waals surface area contributed by atoms with Gasteiger partial charge in [-0.15, -0.1) is 0 Å². The van der Waals surface area contributed by atoms with E-state index in [9.17, 15) is 14.0 Å². The maximum Gasteiger partial charge on any atom is 0.259 e. The summed E-state index contributed by atoms with van der Waals surface area (Å²) < 4.78 is 13.1. The van der Waals surface area contributed by atoms with Gasteiger partial charge in [-0.25, -0.2) is 4.39 Å². The molecule has 2 amide bonds. The second-order valence-corrected chi connectivity index (χ2v) is 6.39. The van der Waals surface area contributed by atoms with Crippen molar-refractivity contribution in [2.45, 2.75) is 12.5 Å². The van der Waals surface area contributed by atoms with Crippen LogP contribution < -0.4 is 10.2 Å². The number of carbonyl (C=O) groups excluding carboxylic acids is 2. The summed E-state index contributed by atoms with van der Waals surface area (Å²) in [5.74, 6) is -0.899. The van der Waals surface area contributed by atoms with Crippen molar-refractivity contribution in [3.63, 3.8) is 0 Å². The largest absolute Gasteiger partial charge is 0.324 e. The van der Waals surface area contributed by atoms with Crippen LogP contribution in [0.4, 0.5) is 15.8 Å². The Morgan fingerprint density at radius 3 is 2.30 bits per heavy atom. The summed E-state index contributed by atoms with van der Waals surface area (Å²) in [6, 6.07) is 21.3. The number of carbonyl (C=O) groups is 2. The predicted octanol–water partition coefficient (Wildman–Crippen LogP) is 4.04. The number of para-hydroxylation sites is 1. The number of fused-ring (bicyclic) bond motifs is 1. The molecule has 1 aliphatic heterocycles. The third kappa shape index (κ3) is 3.31. The number of hydrogen-bond acceptors (Lipinski definition) is 2. The molecule has 0 bridgehead atoms. The van der Waals surface area contributed by atoms with Crippen molar-refractivity contribution in [1.29, 1.82) is 0 Å². The van der Waals surface area contributed by atoms with Gasteiger partial charge in [0.25, 0.3) is 5.91 Å². The number of amides is 2. The summed E-state index contributed by atoms with van der Waals surface area (Å²) in [6.45, 7) is 0. The first-order valence-electron chi connectivity index (χ1n) is 8.66. The van der Waals surface area contributed by atoms with Crippen molar-refractivity contribution in [3.8, 4) is 0 Å². The first-order valence-corrected chi connectivity index (χ1v) is 8.66. The molecule has 0 radical (unpaired) electrons. The fourth-order valence-corrected chi connectivity index (χ4v) is 3.33. The van der Waals surface area contributed by atoms with Crippen molar-refractivity contribution in [3.05, 3.63) is 95.8 Å². The van der Waals surface area contributed by atoms with E-state index < -0.39 is 6.04 Å². The van der Waals surface area contributed by atoms with Crippen molar-refractivity contribution in [2.75, 3.05) is 10.2 Å². The van der Waals surface area contributed by atoms with E-state index in [1.54, 1.807) is 29.2 Å². The fraction of sp³-hybridized carbons (Fsp3) is 0.0909. The van der Waals surface area contributed by atoms with Crippen LogP contribution >= 0.6 is 0 Å². The van der Waals surface area contributed by atoms with E-state index in [0.29, 0.717) is 17.7 Å². The molecule has 0 aromatic heterocycles. The zero-order chi connectivity index (χ0) is 18.8. The molecule has 5 heteroatoms. The normalized spacial score (nSPS) is 15.3. The van der Waals surface area contributed by atoms with Crippen molar-refractivity contribution in [2.24, 2.45) is 0 Å². The van der Waals surface area contributed by atoms with E-state index in [1.807, 2.05) is 30.3 Å². The summed E-state index contributed by atoms with van der Waals surface area (Å²) in [6.07, 6.45) is 0.432. The lowest BCUT2D eigenvalue weighted by Crippen LogP contribution is -2.45. The zero-order valence-corrected chi connectivity index (χ0v) is 14.4. The lowest BCUT2D eigenvalue weighted by atomic mass is 10.1. The van der Waals surface area contributed by atoms with Crippen molar-refractivity contribution in [1.82, 2.24) is 0 Å². The first-order chi connectivity index (χ1) is 13.1. The minimum atomic E-state index is -0.667. The molecule has 0 spiro atoms. The Bertz CT molecular complexity index is 987. The third-order valence-electron chi connectivity index (χ3n) is 4.63. The molecule has 134 valence electrons. The van der Waals surface area contributed by atoms with Crippen LogP contribution in [-0.2, 0) is 11.2 Å². The molecule has 27 heavy (non-hydrogen) atoms. The average Bonchev–Trinajstić information content (AvgIpc) is 3.09. The number of anilines is 2. The van der Waals surface area contributed by atoms with E-state index in [1.165, 1.54) is 24.3 Å². The molecule has 3 aromatic carbocycles. The van der Waals surface area contributed by atoms with E-state index in [2.05, 4.69) is 5.32 Å². The Kier molecular flexibility index (Phi) is 4.42. The highest BCUT2D eigenvalue weighted by molar-refractivity contribution is 6.13. The minimum Gasteiger partial charge on any atom is -0.324 e. The van der Waals surface area contributed by atoms with Gasteiger partial charge in [-0.05, 0) is 48.0 Å². The van der Waals surface area contributed by atoms with Crippen LogP contribution in [0.25, 0.3) is 0 Å². The maximum atomic E-state index is 13.1. The molecular weight excluding hydrogens is 343 g/mol. The Hall–Kier alpha value is -3.47. The summed E-state index contributed by atoms with van der Waals surface area (Å²) in [5.41, 5.74) is 2.70. The van der Waals surface area contributed by atoms with Crippen molar-refractivity contribution >= 4 is 23.2 Å². The van der Waals surface area contributed by atoms with Gasteiger partial charge in [0.2, 0.25) is 5.91 Å². The highest BCUT2D eigenvalue weighted by Gasteiger charge is 2.38. The summed E-state index contributed by atoms with van der Waals surface area (Å²) in [4.78, 5) is 27.6. The van der Waals surface area contributed by atoms with Gasteiger partial charge in [-0.1, -0.05) is 36.4 Å². The van der Waals surface area contributed by atoms with Crippen LogP contribution in [0.5, 0.6) is 0 Å². The number of nitrogens with zero attached hydrogens (tertiary/aromatic N) is 1. The molecule has 1 heterocycles. The van der Waals surface area contributed by atoms with Crippen LogP contribution in [0, 0.1) is 5.82 Å². The van der Waals surface area contributed by atoms with Crippen molar-refractivity contribution < 1.29 is 14.0 Å². The molecule has 1 N–H and O–H groups in total. The standard InChI is InChI=1S/C22H17FN2O2/c23-17-10-12-18(13-11-17)24-21(26)20-14-16-8-4-5-9-19(16)25(20)22(27)15-6-2-1-3-7-15/h1-13,20H,14H2,(H,24,26)/t20-/m0/s1. The average molecular weight is 360 g/mol. The highest BCUT2D eigenvalue weighted by Crippen LogP contribution is 2.34. The molecular formula is C22H17FN2O2. The van der Waals surface area contributed by atoms with Crippen LogP contribution in [0.15, 0.2) is 78.9 Å². The highest BCUT2D eigenvalue weighted by atomic mass is 19.1. The van der Waals surface area contributed by atoms with E-state index >= 15 is 0 Å². The molecule has 4 rings (SSSR count). The second-order valence-electron chi connectivity index (χ2n) is 6.39. The zero-order valence-electron chi connectivity index (χ0n) is 14.4. The number of hydrogen-bond donors (Lipinski definition) is 1. The molecule has 4 nitrogen and oxygen atoms in total. The van der Waals surface area contributed by atoms with Gasteiger partial charge in [0.05, 0.1) is 0 Å². The number of benzene rings is 3. The summed E-state index contributed by atoms with van der Waals surface area (Å²) in [7, 11) is 0. The van der Waals surface area contributed by atoms with Crippen LogP contribution in [-0.4, -0.2) is 17.9 Å². The Balaban J connectivity index is 1.65. The van der Waals surface area contributed by atoms with Crippen LogP contribution in [0.2, 0.25) is 0 Å². The summed E-state index contributed by atoms with van der Waals surface area (Å²) in [5, 5.41) is 2.78. The maximum absolute atomic E-state index is 13.1. The van der Waals surface area contributed by atoms with Gasteiger partial charge in [0.1, 0.15) is 11.9 Å². The smallest absolute Gasteiger partial charge is 0.259 e. The van der Waals surface area contributed by atoms with Crippen LogP contribution in [0.1, 0.15) is 15.9 Å². The lowest BCUT2D eigenvalue weighted by molar-refractivity contribution is -0.117. The number of halogens is 1. The minimum absolute atomic E-state index is 0.222. The van der Waals surface area contributed by atoms with Gasteiger partial charge in [0, 0.05) is 23.4 Å². The fourth-order valence-electron chi connectivity index (χ4n) is 3.33. The molecule has 0 saturated heterocycles. The molecule has 3 aromatic rings. The quantitative estimate of drug-likeness (QED) is 0.766. The van der Waals surface area contributed by atoms with Gasteiger partial charge in [-0.3, -0.25) is 14.5 Å². The summed E-state index contributed by atoms with van der Waals surface area (Å²) >= 11 is 0. The lowest BCUT2D eigenvalue weighted by Gasteiger charge is -2.25. The third-order valence-corrected chi connectivity index (χ3v) is 4.63. The Morgan fingerprint density at radius 2 is 1.56 bits per heavy atom. The van der Waals surface area contributed by atoms with Gasteiger partial charge >= 0.3 is 0 Å². The second kappa shape index (κ2) is 7.03. The molecule has 0 unspecified atom stereocenters. The van der Waals surface area contributed by atoms with E-state index in [0.717, 1.165) is 11.3 Å². The molecule has 0 aliphatic carbocycles. The first kappa shape index (κ1) is 17.0. The molecule has 1 atom stereocenters. The molecule has 1 aliphatic rings. The Morgan fingerprint density at radius 1 is 0.889 bits per heavy atom. The molecule has 0 fully saturated rings. The van der Waals surface area contributed by atoms with Gasteiger partial charge in [-0.2, -0.15) is 0 Å². The van der Waals surface area contributed by atoms with Gasteiger partial charge < -0.3 is 5.32 Å². The van der Waals surface area contributed by atoms with Crippen LogP contribution in [0.3, 0.4) is 0 Å². The number of rotatable bonds is 3. The van der Waals surface area contributed by atoms with Gasteiger partial charge in [0.15, 0.2) is 0 Å². The monoisotopic (exact) mass is 360 g/mol. The SMILES string of the molecule is O=C(Nc1ccc(F)cc1)[C@@H]1Cc2ccccc2N1C(=O)c1ccccc1. The van der Waals surface area contributed by atoms with E-state index in [-0.39, 0.29) is 17.6 Å². The topological polar surface area (TPSA) is 49.4 Å².